The molecule has 11 nitrogen and oxygen atoms in total. The number of rotatable bonds is 9. The van der Waals surface area contributed by atoms with Crippen LogP contribution in [0.4, 0.5) is 11.5 Å². The zero-order chi connectivity index (χ0) is 33.9. The van der Waals surface area contributed by atoms with Crippen LogP contribution < -0.4 is 35.7 Å². The Morgan fingerprint density at radius 2 is 1.71 bits per heavy atom. The topological polar surface area (TPSA) is 150 Å². The molecule has 0 unspecified atom stereocenters. The molecule has 2 heterocycles. The van der Waals surface area contributed by atoms with Gasteiger partial charge in [0.15, 0.2) is 0 Å². The zero-order valence-corrected chi connectivity index (χ0v) is 27.0. The van der Waals surface area contributed by atoms with E-state index in [0.29, 0.717) is 44.8 Å². The number of carboxylic acids is 1. The molecule has 1 amide bonds. The first-order chi connectivity index (χ1) is 23.1. The van der Waals surface area contributed by atoms with E-state index < -0.39 is 5.97 Å². The lowest BCUT2D eigenvalue weighted by atomic mass is 9.89. The van der Waals surface area contributed by atoms with E-state index in [1.807, 2.05) is 98.3 Å². The molecule has 4 aromatic rings. The zero-order valence-electron chi connectivity index (χ0n) is 27.0. The highest BCUT2D eigenvalue weighted by molar-refractivity contribution is 6.09. The lowest BCUT2D eigenvalue weighted by Gasteiger charge is -2.20. The van der Waals surface area contributed by atoms with Gasteiger partial charge in [0.1, 0.15) is 37.9 Å². The monoisotopic (exact) mass is 642 g/mol. The summed E-state index contributed by atoms with van der Waals surface area (Å²) in [6, 6.07) is 25.4. The van der Waals surface area contributed by atoms with Crippen LogP contribution in [0.25, 0.3) is 33.4 Å². The maximum Gasteiger partial charge on any atom is 0.318 e. The quantitative estimate of drug-likeness (QED) is 0.178. The summed E-state index contributed by atoms with van der Waals surface area (Å²) in [5, 5.41) is 17.0. The summed E-state index contributed by atoms with van der Waals surface area (Å²) in [5.74, 6) is -0.801. The van der Waals surface area contributed by atoms with Gasteiger partial charge in [-0.25, -0.2) is 9.56 Å². The first-order valence-electron chi connectivity index (χ1n) is 15.2. The van der Waals surface area contributed by atoms with E-state index in [1.165, 1.54) is 18.3 Å². The smallest absolute Gasteiger partial charge is 0.318 e. The molecule has 0 saturated carbocycles. The number of aromatic carboxylic acids is 1. The molecule has 242 valence electrons. The number of hydrogen-bond donors (Lipinski definition) is 2. The molecule has 0 atom stereocenters. The second-order valence-corrected chi connectivity index (χ2v) is 11.7. The SMILES string of the molecule is CN(C)c1ccc2c(-c3cc(C(=O)NCc4ccc(COc5nccc(N)n5)cc4)ccc3C(=O)[O-])c3ccc(=[N+](C)C)cc-3oc2c1. The fraction of sp³-hybridized carbons (Fsp3) is 0.162. The highest BCUT2D eigenvalue weighted by Gasteiger charge is 2.22. The summed E-state index contributed by atoms with van der Waals surface area (Å²) >= 11 is 0. The predicted octanol–water partition coefficient (Wildman–Crippen LogP) is 3.55. The number of carbonyl (C=O) groups is 2. The van der Waals surface area contributed by atoms with E-state index >= 15 is 0 Å². The van der Waals surface area contributed by atoms with Crippen LogP contribution in [0.15, 0.2) is 95.5 Å². The maximum atomic E-state index is 13.5. The molecule has 0 saturated heterocycles. The first kappa shape index (κ1) is 31.7. The number of aromatic nitrogens is 2. The molecule has 0 radical (unpaired) electrons. The fourth-order valence-electron chi connectivity index (χ4n) is 5.39. The second kappa shape index (κ2) is 13.2. The number of nitrogens with zero attached hydrogens (tertiary/aromatic N) is 4. The summed E-state index contributed by atoms with van der Waals surface area (Å²) in [7, 11) is 7.74. The number of anilines is 2. The number of carboxylic acid groups (broad SMARTS) is 1. The molecule has 6 rings (SSSR count). The van der Waals surface area contributed by atoms with Crippen LogP contribution in [0.1, 0.15) is 31.8 Å². The van der Waals surface area contributed by atoms with Gasteiger partial charge in [-0.05, 0) is 53.1 Å². The van der Waals surface area contributed by atoms with Crippen molar-refractivity contribution in [3.63, 3.8) is 0 Å². The van der Waals surface area contributed by atoms with Crippen molar-refractivity contribution in [2.75, 3.05) is 38.8 Å². The van der Waals surface area contributed by atoms with Gasteiger partial charge in [0.25, 0.3) is 5.91 Å². The van der Waals surface area contributed by atoms with E-state index in [2.05, 4.69) is 15.3 Å². The summed E-state index contributed by atoms with van der Waals surface area (Å²) in [6.07, 6.45) is 1.53. The Bertz CT molecular complexity index is 2200. The van der Waals surface area contributed by atoms with Crippen molar-refractivity contribution >= 4 is 34.4 Å². The normalized spacial score (nSPS) is 11.0. The van der Waals surface area contributed by atoms with Gasteiger partial charge in [0.2, 0.25) is 5.36 Å². The van der Waals surface area contributed by atoms with Gasteiger partial charge in [0, 0.05) is 72.3 Å². The third-order valence-electron chi connectivity index (χ3n) is 7.99. The molecule has 1 aromatic heterocycles. The molecule has 48 heavy (non-hydrogen) atoms. The Kier molecular flexibility index (Phi) is 8.76. The van der Waals surface area contributed by atoms with Gasteiger partial charge in [-0.1, -0.05) is 30.3 Å². The number of carbonyl (C=O) groups excluding carboxylic acids is 2. The van der Waals surface area contributed by atoms with Crippen molar-refractivity contribution in [1.82, 2.24) is 19.9 Å². The summed E-state index contributed by atoms with van der Waals surface area (Å²) in [6.45, 7) is 0.513. The van der Waals surface area contributed by atoms with Gasteiger partial charge in [-0.15, -0.1) is 0 Å². The molecular weight excluding hydrogens is 608 g/mol. The molecule has 0 spiro atoms. The average molecular weight is 643 g/mol. The Hall–Kier alpha value is -6.23. The molecule has 3 aromatic carbocycles. The van der Waals surface area contributed by atoms with Crippen LogP contribution in [0.2, 0.25) is 0 Å². The minimum atomic E-state index is -1.35. The second-order valence-electron chi connectivity index (χ2n) is 11.7. The van der Waals surface area contributed by atoms with Crippen molar-refractivity contribution < 1.29 is 23.8 Å². The van der Waals surface area contributed by atoms with Crippen LogP contribution in [-0.4, -0.2) is 50.0 Å². The minimum Gasteiger partial charge on any atom is -0.545 e. The molecular formula is C37H34N6O5. The average Bonchev–Trinajstić information content (AvgIpc) is 3.08. The number of nitrogens with two attached hydrogens (primary N) is 1. The highest BCUT2D eigenvalue weighted by Crippen LogP contribution is 2.42. The molecule has 11 heteroatoms. The van der Waals surface area contributed by atoms with Crippen molar-refractivity contribution in [1.29, 1.82) is 0 Å². The number of nitrogens with one attached hydrogen (secondary N) is 1. The molecule has 0 bridgehead atoms. The third-order valence-corrected chi connectivity index (χ3v) is 7.99. The summed E-state index contributed by atoms with van der Waals surface area (Å²) < 4.78 is 14.0. The summed E-state index contributed by atoms with van der Waals surface area (Å²) in [4.78, 5) is 35.9. The van der Waals surface area contributed by atoms with Gasteiger partial charge >= 0.3 is 6.01 Å². The highest BCUT2D eigenvalue weighted by atomic mass is 16.5. The Morgan fingerprint density at radius 1 is 0.938 bits per heavy atom. The first-order valence-corrected chi connectivity index (χ1v) is 15.2. The number of benzene rings is 4. The van der Waals surface area contributed by atoms with Crippen LogP contribution in [0, 0.1) is 0 Å². The molecule has 0 fully saturated rings. The molecule has 1 aliphatic heterocycles. The predicted molar refractivity (Wildman–Crippen MR) is 182 cm³/mol. The van der Waals surface area contributed by atoms with Crippen molar-refractivity contribution in [3.8, 4) is 28.5 Å². The third kappa shape index (κ3) is 6.66. The van der Waals surface area contributed by atoms with Gasteiger partial charge in [-0.3, -0.25) is 4.79 Å². The van der Waals surface area contributed by atoms with Crippen LogP contribution >= 0.6 is 0 Å². The van der Waals surface area contributed by atoms with E-state index in [0.717, 1.165) is 22.2 Å². The van der Waals surface area contributed by atoms with E-state index in [-0.39, 0.29) is 30.6 Å². The largest absolute Gasteiger partial charge is 0.545 e. The van der Waals surface area contributed by atoms with Gasteiger partial charge < -0.3 is 35.0 Å². The van der Waals surface area contributed by atoms with Crippen molar-refractivity contribution in [2.24, 2.45) is 0 Å². The Balaban J connectivity index is 1.32. The van der Waals surface area contributed by atoms with Crippen molar-refractivity contribution in [2.45, 2.75) is 13.2 Å². The number of ether oxygens (including phenoxy) is 1. The number of fused-ring (bicyclic) bond motifs is 2. The van der Waals surface area contributed by atoms with Crippen LogP contribution in [0.5, 0.6) is 6.01 Å². The van der Waals surface area contributed by atoms with E-state index in [9.17, 15) is 14.7 Å². The van der Waals surface area contributed by atoms with Crippen LogP contribution in [-0.2, 0) is 13.2 Å². The number of hydrogen-bond acceptors (Lipinski definition) is 9. The molecule has 2 aliphatic rings. The number of nitrogen functional groups attached to an aromatic ring is 1. The minimum absolute atomic E-state index is 0.0323. The Labute approximate surface area is 276 Å². The standard InChI is InChI=1S/C37H34N6O5/c1-42(2)25-10-13-28-31(18-25)48-32-19-26(43(3)4)11-14-29(32)34(28)30-17-24(9-12-27(30)36(45)46)35(44)40-20-22-5-7-23(8-6-22)21-47-37-39-16-15-33(38)41-37/h5-19H,20-21H2,1-4H3,(H3-,38,39,40,41,44,45,46). The van der Waals surface area contributed by atoms with E-state index in [1.54, 1.807) is 12.1 Å². The maximum absolute atomic E-state index is 13.5. The lowest BCUT2D eigenvalue weighted by Crippen LogP contribution is -2.25. The Morgan fingerprint density at radius 3 is 2.42 bits per heavy atom. The molecule has 3 N–H and O–H groups in total. The molecule has 1 aliphatic carbocycles. The lowest BCUT2D eigenvalue weighted by molar-refractivity contribution is -0.254. The van der Waals surface area contributed by atoms with Crippen molar-refractivity contribution in [3.05, 3.63) is 119 Å². The van der Waals surface area contributed by atoms with Gasteiger partial charge in [-0.2, -0.15) is 4.98 Å². The van der Waals surface area contributed by atoms with E-state index in [4.69, 9.17) is 14.9 Å². The fourth-order valence-corrected chi connectivity index (χ4v) is 5.39. The van der Waals surface area contributed by atoms with Crippen LogP contribution in [0.3, 0.4) is 0 Å². The number of amides is 1. The summed E-state index contributed by atoms with van der Waals surface area (Å²) in [5.41, 5.74) is 10.9. The van der Waals surface area contributed by atoms with Gasteiger partial charge in [0.05, 0.1) is 12.0 Å².